The molecule has 1 aliphatic heterocycles. The van der Waals surface area contributed by atoms with E-state index in [-0.39, 0.29) is 21.9 Å². The number of nitrogens with two attached hydrogens (primary N) is 1. The predicted molar refractivity (Wildman–Crippen MR) is 76.5 cm³/mol. The van der Waals surface area contributed by atoms with Crippen molar-refractivity contribution in [2.75, 3.05) is 13.1 Å². The Morgan fingerprint density at radius 2 is 2.20 bits per heavy atom. The van der Waals surface area contributed by atoms with E-state index < -0.39 is 15.8 Å². The minimum absolute atomic E-state index is 0.00402. The van der Waals surface area contributed by atoms with E-state index in [4.69, 9.17) is 17.3 Å². The summed E-state index contributed by atoms with van der Waals surface area (Å²) in [7, 11) is -3.86. The molecule has 0 bridgehead atoms. The predicted octanol–water partition coefficient (Wildman–Crippen LogP) is 2.23. The van der Waals surface area contributed by atoms with Gasteiger partial charge in [-0.2, -0.15) is 4.31 Å². The number of hydrogen-bond donors (Lipinski definition) is 1. The molecule has 0 aromatic heterocycles. The van der Waals surface area contributed by atoms with Gasteiger partial charge in [0.05, 0.1) is 5.02 Å². The molecule has 0 saturated carbocycles. The Morgan fingerprint density at radius 1 is 1.50 bits per heavy atom. The van der Waals surface area contributed by atoms with Crippen molar-refractivity contribution in [3.05, 3.63) is 29.0 Å². The molecular weight excluding hydrogens is 303 g/mol. The molecule has 1 heterocycles. The third-order valence-electron chi connectivity index (χ3n) is 3.81. The fourth-order valence-corrected chi connectivity index (χ4v) is 4.32. The van der Waals surface area contributed by atoms with E-state index in [0.717, 1.165) is 6.42 Å². The van der Waals surface area contributed by atoms with Gasteiger partial charge in [-0.05, 0) is 24.5 Å². The highest BCUT2D eigenvalue weighted by Gasteiger charge is 2.34. The first kappa shape index (κ1) is 15.7. The maximum absolute atomic E-state index is 13.9. The molecule has 1 fully saturated rings. The topological polar surface area (TPSA) is 63.4 Å². The monoisotopic (exact) mass is 320 g/mol. The van der Waals surface area contributed by atoms with Gasteiger partial charge in [0.1, 0.15) is 4.90 Å². The van der Waals surface area contributed by atoms with Gasteiger partial charge in [0.15, 0.2) is 5.82 Å². The van der Waals surface area contributed by atoms with Crippen molar-refractivity contribution >= 4 is 21.6 Å². The van der Waals surface area contributed by atoms with E-state index in [9.17, 15) is 12.8 Å². The van der Waals surface area contributed by atoms with Gasteiger partial charge in [0.25, 0.3) is 0 Å². The van der Waals surface area contributed by atoms with Gasteiger partial charge < -0.3 is 5.73 Å². The molecule has 112 valence electrons. The highest BCUT2D eigenvalue weighted by atomic mass is 35.5. The van der Waals surface area contributed by atoms with Gasteiger partial charge in [-0.15, -0.1) is 0 Å². The number of halogens is 2. The minimum Gasteiger partial charge on any atom is -0.327 e. The number of hydrogen-bond acceptors (Lipinski definition) is 3. The van der Waals surface area contributed by atoms with E-state index in [1.807, 2.05) is 6.92 Å². The molecule has 4 nitrogen and oxygen atoms in total. The van der Waals surface area contributed by atoms with Gasteiger partial charge in [-0.25, -0.2) is 12.8 Å². The third-order valence-corrected chi connectivity index (χ3v) is 5.99. The van der Waals surface area contributed by atoms with Gasteiger partial charge in [-0.1, -0.05) is 31.0 Å². The molecule has 7 heteroatoms. The van der Waals surface area contributed by atoms with E-state index >= 15 is 0 Å². The third kappa shape index (κ3) is 2.83. The average molecular weight is 321 g/mol. The van der Waals surface area contributed by atoms with Crippen LogP contribution >= 0.6 is 11.6 Å². The van der Waals surface area contributed by atoms with Crippen LogP contribution < -0.4 is 5.73 Å². The summed E-state index contributed by atoms with van der Waals surface area (Å²) in [4.78, 5) is -0.365. The van der Waals surface area contributed by atoms with E-state index in [0.29, 0.717) is 19.5 Å². The summed E-state index contributed by atoms with van der Waals surface area (Å²) >= 11 is 5.66. The summed E-state index contributed by atoms with van der Waals surface area (Å²) in [5.41, 5.74) is 5.97. The second-order valence-electron chi connectivity index (χ2n) is 5.04. The zero-order chi connectivity index (χ0) is 14.9. The van der Waals surface area contributed by atoms with Crippen molar-refractivity contribution in [1.29, 1.82) is 0 Å². The van der Waals surface area contributed by atoms with Crippen LogP contribution in [0.1, 0.15) is 19.8 Å². The Balaban J connectivity index is 2.33. The highest BCUT2D eigenvalue weighted by Crippen LogP contribution is 2.28. The highest BCUT2D eigenvalue weighted by molar-refractivity contribution is 7.89. The SMILES string of the molecule is CCC1CN(S(=O)(=O)c2cccc(Cl)c2F)CCC1N. The van der Waals surface area contributed by atoms with Gasteiger partial charge in [-0.3, -0.25) is 0 Å². The van der Waals surface area contributed by atoms with Crippen molar-refractivity contribution in [3.8, 4) is 0 Å². The van der Waals surface area contributed by atoms with Crippen LogP contribution in [0.3, 0.4) is 0 Å². The molecule has 0 spiro atoms. The van der Waals surface area contributed by atoms with Crippen LogP contribution in [-0.2, 0) is 10.0 Å². The van der Waals surface area contributed by atoms with Crippen LogP contribution in [0, 0.1) is 11.7 Å². The van der Waals surface area contributed by atoms with Gasteiger partial charge in [0.2, 0.25) is 10.0 Å². The first-order valence-electron chi connectivity index (χ1n) is 6.57. The summed E-state index contributed by atoms with van der Waals surface area (Å²) in [6.07, 6.45) is 1.38. The summed E-state index contributed by atoms with van der Waals surface area (Å²) in [5.74, 6) is -0.794. The molecule has 1 aliphatic rings. The fraction of sp³-hybridized carbons (Fsp3) is 0.538. The quantitative estimate of drug-likeness (QED) is 0.929. The molecule has 0 aliphatic carbocycles. The van der Waals surface area contributed by atoms with Crippen LogP contribution in [0.25, 0.3) is 0 Å². The minimum atomic E-state index is -3.86. The van der Waals surface area contributed by atoms with E-state index in [1.165, 1.54) is 22.5 Å². The molecule has 1 saturated heterocycles. The molecule has 2 rings (SSSR count). The zero-order valence-electron chi connectivity index (χ0n) is 11.2. The van der Waals surface area contributed by atoms with Crippen LogP contribution in [0.5, 0.6) is 0 Å². The molecule has 2 unspecified atom stereocenters. The number of nitrogens with zero attached hydrogens (tertiary/aromatic N) is 1. The van der Waals surface area contributed by atoms with E-state index in [2.05, 4.69) is 0 Å². The Morgan fingerprint density at radius 3 is 2.85 bits per heavy atom. The smallest absolute Gasteiger partial charge is 0.246 e. The lowest BCUT2D eigenvalue weighted by atomic mass is 9.92. The Bertz CT molecular complexity index is 594. The molecule has 2 atom stereocenters. The average Bonchev–Trinajstić information content (AvgIpc) is 2.42. The second kappa shape index (κ2) is 5.97. The maximum Gasteiger partial charge on any atom is 0.246 e. The lowest BCUT2D eigenvalue weighted by Gasteiger charge is -2.35. The molecule has 0 radical (unpaired) electrons. The number of benzene rings is 1. The molecule has 1 aromatic carbocycles. The summed E-state index contributed by atoms with van der Waals surface area (Å²) < 4.78 is 40.3. The summed E-state index contributed by atoms with van der Waals surface area (Å²) in [5, 5.41) is -0.188. The fourth-order valence-electron chi connectivity index (χ4n) is 2.49. The second-order valence-corrected chi connectivity index (χ2v) is 7.35. The number of rotatable bonds is 3. The van der Waals surface area contributed by atoms with Crippen LogP contribution in [0.4, 0.5) is 4.39 Å². The standard InChI is InChI=1S/C13H18ClFN2O2S/c1-2-9-8-17(7-6-11(9)16)20(18,19)12-5-3-4-10(14)13(12)15/h3-5,9,11H,2,6-8,16H2,1H3. The van der Waals surface area contributed by atoms with Crippen LogP contribution in [0.2, 0.25) is 5.02 Å². The molecule has 0 amide bonds. The molecule has 2 N–H and O–H groups in total. The van der Waals surface area contributed by atoms with Crippen molar-refractivity contribution < 1.29 is 12.8 Å². The molecule has 20 heavy (non-hydrogen) atoms. The molecule has 1 aromatic rings. The summed E-state index contributed by atoms with van der Waals surface area (Å²) in [6.45, 7) is 2.61. The lowest BCUT2D eigenvalue weighted by Crippen LogP contribution is -2.49. The van der Waals surface area contributed by atoms with Gasteiger partial charge in [0, 0.05) is 19.1 Å². The van der Waals surface area contributed by atoms with E-state index in [1.54, 1.807) is 0 Å². The van der Waals surface area contributed by atoms with Gasteiger partial charge >= 0.3 is 0 Å². The largest absolute Gasteiger partial charge is 0.327 e. The first-order valence-corrected chi connectivity index (χ1v) is 8.39. The normalized spacial score (nSPS) is 24.8. The number of piperidine rings is 1. The van der Waals surface area contributed by atoms with Crippen molar-refractivity contribution in [1.82, 2.24) is 4.31 Å². The van der Waals surface area contributed by atoms with Crippen molar-refractivity contribution in [3.63, 3.8) is 0 Å². The van der Waals surface area contributed by atoms with Crippen LogP contribution in [-0.4, -0.2) is 31.9 Å². The zero-order valence-corrected chi connectivity index (χ0v) is 12.8. The summed E-state index contributed by atoms with van der Waals surface area (Å²) in [6, 6.07) is 4.00. The first-order chi connectivity index (χ1) is 9.37. The Labute approximate surface area is 123 Å². The van der Waals surface area contributed by atoms with Crippen molar-refractivity contribution in [2.24, 2.45) is 11.7 Å². The maximum atomic E-state index is 13.9. The van der Waals surface area contributed by atoms with Crippen molar-refractivity contribution in [2.45, 2.75) is 30.7 Å². The Hall–Kier alpha value is -0.690. The van der Waals surface area contributed by atoms with Crippen LogP contribution in [0.15, 0.2) is 23.1 Å². The Kier molecular flexibility index (Phi) is 4.69. The lowest BCUT2D eigenvalue weighted by molar-refractivity contribution is 0.230. The number of sulfonamides is 1. The molecular formula is C13H18ClFN2O2S.